The van der Waals surface area contributed by atoms with Crippen LogP contribution in [0.25, 0.3) is 10.9 Å². The second-order valence-corrected chi connectivity index (χ2v) is 5.76. The van der Waals surface area contributed by atoms with Crippen molar-refractivity contribution in [1.82, 2.24) is 15.6 Å². The molecule has 4 nitrogen and oxygen atoms in total. The number of aromatic nitrogens is 1. The van der Waals surface area contributed by atoms with E-state index in [9.17, 15) is 4.79 Å². The van der Waals surface area contributed by atoms with Gasteiger partial charge in [0.2, 0.25) is 5.91 Å². The van der Waals surface area contributed by atoms with E-state index in [2.05, 4.69) is 40.0 Å². The Balaban J connectivity index is 0.00000176. The summed E-state index contributed by atoms with van der Waals surface area (Å²) in [6.45, 7) is 1.71. The number of rotatable bonds is 5. The minimum Gasteiger partial charge on any atom is -0.361 e. The molecule has 0 spiro atoms. The number of piperidine rings is 1. The summed E-state index contributed by atoms with van der Waals surface area (Å²) < 4.78 is 0. The first kappa shape index (κ1) is 16.8. The molecule has 1 aromatic carbocycles. The van der Waals surface area contributed by atoms with Gasteiger partial charge < -0.3 is 15.6 Å². The van der Waals surface area contributed by atoms with E-state index in [1.807, 2.05) is 6.07 Å². The van der Waals surface area contributed by atoms with Crippen molar-refractivity contribution >= 4 is 29.2 Å². The van der Waals surface area contributed by atoms with Gasteiger partial charge in [0.1, 0.15) is 0 Å². The molecule has 0 aliphatic carbocycles. The number of fused-ring (bicyclic) bond motifs is 1. The second-order valence-electron chi connectivity index (χ2n) is 5.76. The molecule has 120 valence electrons. The zero-order valence-electron chi connectivity index (χ0n) is 12.7. The van der Waals surface area contributed by atoms with E-state index in [0.29, 0.717) is 0 Å². The van der Waals surface area contributed by atoms with Crippen LogP contribution in [0.15, 0.2) is 30.5 Å². The van der Waals surface area contributed by atoms with E-state index in [4.69, 9.17) is 0 Å². The third kappa shape index (κ3) is 4.02. The number of hydrogen-bond acceptors (Lipinski definition) is 2. The van der Waals surface area contributed by atoms with Crippen LogP contribution in [0.4, 0.5) is 0 Å². The third-order valence-corrected chi connectivity index (χ3v) is 4.22. The molecular weight excluding hydrogens is 298 g/mol. The van der Waals surface area contributed by atoms with Crippen molar-refractivity contribution in [3.8, 4) is 0 Å². The fourth-order valence-electron chi connectivity index (χ4n) is 3.03. The topological polar surface area (TPSA) is 56.9 Å². The summed E-state index contributed by atoms with van der Waals surface area (Å²) >= 11 is 0. The zero-order valence-corrected chi connectivity index (χ0v) is 13.5. The highest BCUT2D eigenvalue weighted by Gasteiger charge is 2.19. The van der Waals surface area contributed by atoms with Crippen LogP contribution in [-0.2, 0) is 11.2 Å². The van der Waals surface area contributed by atoms with Gasteiger partial charge in [0, 0.05) is 23.6 Å². The standard InChI is InChI=1S/C17H23N3O.ClH/c21-17(16-9-3-4-10-18-16)19-11-5-6-13-12-20-15-8-2-1-7-14(13)15;/h1-2,7-8,12,16,18,20H,3-6,9-11H2,(H,19,21);1H. The van der Waals surface area contributed by atoms with E-state index < -0.39 is 0 Å². The minimum atomic E-state index is 0. The number of benzene rings is 1. The van der Waals surface area contributed by atoms with Crippen LogP contribution in [0, 0.1) is 0 Å². The van der Waals surface area contributed by atoms with Crippen LogP contribution in [0.1, 0.15) is 31.2 Å². The number of amides is 1. The Kier molecular flexibility index (Phi) is 6.28. The number of halogens is 1. The van der Waals surface area contributed by atoms with E-state index in [1.165, 1.54) is 22.9 Å². The monoisotopic (exact) mass is 321 g/mol. The molecule has 1 aliphatic rings. The summed E-state index contributed by atoms with van der Waals surface area (Å²) in [5.41, 5.74) is 2.51. The summed E-state index contributed by atoms with van der Waals surface area (Å²) in [7, 11) is 0. The number of aryl methyl sites for hydroxylation is 1. The first-order chi connectivity index (χ1) is 10.3. The van der Waals surface area contributed by atoms with Crippen LogP contribution in [-0.4, -0.2) is 30.0 Å². The third-order valence-electron chi connectivity index (χ3n) is 4.22. The van der Waals surface area contributed by atoms with Gasteiger partial charge in [-0.1, -0.05) is 24.6 Å². The Morgan fingerprint density at radius 2 is 2.14 bits per heavy atom. The minimum absolute atomic E-state index is 0. The Morgan fingerprint density at radius 3 is 2.95 bits per heavy atom. The number of carbonyl (C=O) groups excluding carboxylic acids is 1. The first-order valence-corrected chi connectivity index (χ1v) is 7.91. The van der Waals surface area contributed by atoms with Gasteiger partial charge in [0.25, 0.3) is 0 Å². The number of H-pyrrole nitrogens is 1. The molecule has 1 saturated heterocycles. The summed E-state index contributed by atoms with van der Waals surface area (Å²) in [5, 5.41) is 7.62. The maximum Gasteiger partial charge on any atom is 0.237 e. The maximum atomic E-state index is 12.0. The molecule has 1 aliphatic heterocycles. The van der Waals surface area contributed by atoms with Gasteiger partial charge in [0.05, 0.1) is 6.04 Å². The van der Waals surface area contributed by atoms with Gasteiger partial charge in [-0.2, -0.15) is 0 Å². The predicted octanol–water partition coefficient (Wildman–Crippen LogP) is 2.78. The van der Waals surface area contributed by atoms with Crippen molar-refractivity contribution in [3.05, 3.63) is 36.0 Å². The van der Waals surface area contributed by atoms with Gasteiger partial charge in [-0.25, -0.2) is 0 Å². The predicted molar refractivity (Wildman–Crippen MR) is 92.5 cm³/mol. The fraction of sp³-hybridized carbons (Fsp3) is 0.471. The highest BCUT2D eigenvalue weighted by Crippen LogP contribution is 2.18. The van der Waals surface area contributed by atoms with Gasteiger partial charge in [-0.15, -0.1) is 12.4 Å². The molecule has 0 radical (unpaired) electrons. The zero-order chi connectivity index (χ0) is 14.5. The van der Waals surface area contributed by atoms with Crippen molar-refractivity contribution in [2.45, 2.75) is 38.1 Å². The molecule has 0 bridgehead atoms. The maximum absolute atomic E-state index is 12.0. The van der Waals surface area contributed by atoms with Gasteiger partial charge in [-0.05, 0) is 43.9 Å². The number of aromatic amines is 1. The molecule has 2 aromatic rings. The van der Waals surface area contributed by atoms with Crippen molar-refractivity contribution in [2.75, 3.05) is 13.1 Å². The van der Waals surface area contributed by atoms with Crippen molar-refractivity contribution in [1.29, 1.82) is 0 Å². The van der Waals surface area contributed by atoms with E-state index >= 15 is 0 Å². The fourth-order valence-corrected chi connectivity index (χ4v) is 3.03. The van der Waals surface area contributed by atoms with Gasteiger partial charge in [-0.3, -0.25) is 4.79 Å². The van der Waals surface area contributed by atoms with Crippen molar-refractivity contribution < 1.29 is 4.79 Å². The molecular formula is C17H24ClN3O. The second kappa shape index (κ2) is 8.20. The average molecular weight is 322 g/mol. The lowest BCUT2D eigenvalue weighted by molar-refractivity contribution is -0.123. The van der Waals surface area contributed by atoms with Gasteiger partial charge >= 0.3 is 0 Å². The summed E-state index contributed by atoms with van der Waals surface area (Å²) in [6, 6.07) is 8.36. The Morgan fingerprint density at radius 1 is 1.27 bits per heavy atom. The van der Waals surface area contributed by atoms with Crippen LogP contribution < -0.4 is 10.6 Å². The number of hydrogen-bond donors (Lipinski definition) is 3. The lowest BCUT2D eigenvalue weighted by Gasteiger charge is -2.22. The van der Waals surface area contributed by atoms with Gasteiger partial charge in [0.15, 0.2) is 0 Å². The van der Waals surface area contributed by atoms with E-state index in [-0.39, 0.29) is 24.4 Å². The summed E-state index contributed by atoms with van der Waals surface area (Å²) in [4.78, 5) is 15.3. The SMILES string of the molecule is Cl.O=C(NCCCc1c[nH]c2ccccc12)C1CCCCN1. The average Bonchev–Trinajstić information content (AvgIpc) is 2.95. The Bertz CT molecular complexity index is 605. The smallest absolute Gasteiger partial charge is 0.237 e. The molecule has 5 heteroatoms. The highest BCUT2D eigenvalue weighted by atomic mass is 35.5. The van der Waals surface area contributed by atoms with Crippen LogP contribution in [0.3, 0.4) is 0 Å². The van der Waals surface area contributed by atoms with Crippen LogP contribution in [0.5, 0.6) is 0 Å². The molecule has 0 saturated carbocycles. The Hall–Kier alpha value is -1.52. The Labute approximate surface area is 137 Å². The number of carbonyl (C=O) groups is 1. The lowest BCUT2D eigenvalue weighted by atomic mass is 10.0. The molecule has 3 rings (SSSR count). The molecule has 22 heavy (non-hydrogen) atoms. The summed E-state index contributed by atoms with van der Waals surface area (Å²) in [6.07, 6.45) is 7.34. The normalized spacial score (nSPS) is 17.9. The molecule has 1 atom stereocenters. The quantitative estimate of drug-likeness (QED) is 0.742. The molecule has 1 amide bonds. The van der Waals surface area contributed by atoms with E-state index in [1.54, 1.807) is 0 Å². The molecule has 2 heterocycles. The first-order valence-electron chi connectivity index (χ1n) is 7.91. The van der Waals surface area contributed by atoms with Crippen LogP contribution >= 0.6 is 12.4 Å². The van der Waals surface area contributed by atoms with Crippen molar-refractivity contribution in [3.63, 3.8) is 0 Å². The van der Waals surface area contributed by atoms with Crippen LogP contribution in [0.2, 0.25) is 0 Å². The molecule has 1 unspecified atom stereocenters. The largest absolute Gasteiger partial charge is 0.361 e. The molecule has 1 aromatic heterocycles. The molecule has 1 fully saturated rings. The molecule has 3 N–H and O–H groups in total. The van der Waals surface area contributed by atoms with Crippen molar-refractivity contribution in [2.24, 2.45) is 0 Å². The number of nitrogens with one attached hydrogen (secondary N) is 3. The lowest BCUT2D eigenvalue weighted by Crippen LogP contribution is -2.46. The highest BCUT2D eigenvalue weighted by molar-refractivity contribution is 5.85. The number of para-hydroxylation sites is 1. The summed E-state index contributed by atoms with van der Waals surface area (Å²) in [5.74, 6) is 0.161. The van der Waals surface area contributed by atoms with E-state index in [0.717, 1.165) is 38.8 Å².